The van der Waals surface area contributed by atoms with Gasteiger partial charge in [0.25, 0.3) is 0 Å². The van der Waals surface area contributed by atoms with Crippen molar-refractivity contribution in [3.63, 3.8) is 0 Å². The van der Waals surface area contributed by atoms with E-state index in [-0.39, 0.29) is 0 Å². The molecule has 1 fully saturated rings. The van der Waals surface area contributed by atoms with E-state index in [0.29, 0.717) is 6.04 Å². The third-order valence-electron chi connectivity index (χ3n) is 4.25. The monoisotopic (exact) mass is 287 g/mol. The highest BCUT2D eigenvalue weighted by Gasteiger charge is 2.20. The minimum Gasteiger partial charge on any atom is -0.308 e. The first-order valence-electron chi connectivity index (χ1n) is 8.08. The van der Waals surface area contributed by atoms with Gasteiger partial charge in [-0.05, 0) is 37.8 Å². The summed E-state index contributed by atoms with van der Waals surface area (Å²) < 4.78 is 4.15. The first-order valence-corrected chi connectivity index (χ1v) is 8.08. The fraction of sp³-hybridized carbons (Fsp3) is 0.625. The Morgan fingerprint density at radius 2 is 2.10 bits per heavy atom. The normalized spacial score (nSPS) is 15.0. The third kappa shape index (κ3) is 3.53. The number of hydrogen-bond donors (Lipinski definition) is 1. The molecule has 0 aromatic carbocycles. The molecule has 0 saturated heterocycles. The lowest BCUT2D eigenvalue weighted by molar-refractivity contribution is 0.423. The summed E-state index contributed by atoms with van der Waals surface area (Å²) in [5.41, 5.74) is 2.32. The molecule has 0 amide bonds. The van der Waals surface area contributed by atoms with Crippen LogP contribution in [0.25, 0.3) is 0 Å². The van der Waals surface area contributed by atoms with Gasteiger partial charge in [-0.15, -0.1) is 0 Å². The molecule has 1 saturated carbocycles. The van der Waals surface area contributed by atoms with Gasteiger partial charge in [-0.25, -0.2) is 0 Å². The van der Waals surface area contributed by atoms with Gasteiger partial charge in [0.15, 0.2) is 0 Å². The lowest BCUT2D eigenvalue weighted by atomic mass is 10.2. The number of nitrogens with zero attached hydrogens (tertiary/aromatic N) is 4. The molecule has 1 aliphatic rings. The molecular weight excluding hydrogens is 262 g/mol. The summed E-state index contributed by atoms with van der Waals surface area (Å²) in [6.07, 6.45) is 8.84. The first kappa shape index (κ1) is 14.3. The molecule has 5 heteroatoms. The van der Waals surface area contributed by atoms with Gasteiger partial charge in [0.2, 0.25) is 0 Å². The third-order valence-corrected chi connectivity index (χ3v) is 4.25. The van der Waals surface area contributed by atoms with Crippen molar-refractivity contribution in [3.8, 4) is 0 Å². The highest BCUT2D eigenvalue weighted by Crippen LogP contribution is 2.19. The molecule has 1 N–H and O–H groups in total. The van der Waals surface area contributed by atoms with Crippen LogP contribution < -0.4 is 5.32 Å². The predicted octanol–water partition coefficient (Wildman–Crippen LogP) is 2.74. The van der Waals surface area contributed by atoms with Gasteiger partial charge < -0.3 is 5.32 Å². The molecule has 2 aromatic rings. The maximum atomic E-state index is 4.71. The van der Waals surface area contributed by atoms with Crippen LogP contribution in [0, 0.1) is 0 Å². The second kappa shape index (κ2) is 6.43. The van der Waals surface area contributed by atoms with Crippen LogP contribution in [-0.4, -0.2) is 25.6 Å². The molecule has 2 aromatic heterocycles. The molecule has 0 radical (unpaired) electrons. The predicted molar refractivity (Wildman–Crippen MR) is 83.0 cm³/mol. The van der Waals surface area contributed by atoms with Crippen molar-refractivity contribution in [3.05, 3.63) is 35.9 Å². The highest BCUT2D eigenvalue weighted by molar-refractivity contribution is 5.06. The summed E-state index contributed by atoms with van der Waals surface area (Å²) in [6.45, 7) is 6.08. The summed E-state index contributed by atoms with van der Waals surface area (Å²) in [7, 11) is 0. The van der Waals surface area contributed by atoms with Crippen LogP contribution >= 0.6 is 0 Å². The lowest BCUT2D eigenvalue weighted by Crippen LogP contribution is -2.19. The zero-order valence-electron chi connectivity index (χ0n) is 13.0. The van der Waals surface area contributed by atoms with Crippen molar-refractivity contribution in [2.45, 2.75) is 64.7 Å². The summed E-state index contributed by atoms with van der Waals surface area (Å²) in [5.74, 6) is 0. The fourth-order valence-corrected chi connectivity index (χ4v) is 2.67. The minimum absolute atomic E-state index is 0.507. The van der Waals surface area contributed by atoms with Crippen molar-refractivity contribution in [1.82, 2.24) is 24.9 Å². The van der Waals surface area contributed by atoms with Crippen molar-refractivity contribution in [2.24, 2.45) is 0 Å². The SMILES string of the molecule is CCC(CC)n1ccc(Cn2nccc2CNC2CC2)n1. The van der Waals surface area contributed by atoms with Crippen molar-refractivity contribution in [2.75, 3.05) is 0 Å². The summed E-state index contributed by atoms with van der Waals surface area (Å²) >= 11 is 0. The summed E-state index contributed by atoms with van der Waals surface area (Å²) in [5, 5.41) is 12.7. The Balaban J connectivity index is 1.64. The topological polar surface area (TPSA) is 47.7 Å². The van der Waals surface area contributed by atoms with E-state index in [0.717, 1.165) is 37.7 Å². The zero-order valence-corrected chi connectivity index (χ0v) is 13.0. The molecule has 0 bridgehead atoms. The average molecular weight is 287 g/mol. The number of aromatic nitrogens is 4. The molecule has 3 rings (SSSR count). The smallest absolute Gasteiger partial charge is 0.0853 e. The van der Waals surface area contributed by atoms with Crippen molar-refractivity contribution >= 4 is 0 Å². The lowest BCUT2D eigenvalue weighted by Gasteiger charge is -2.12. The van der Waals surface area contributed by atoms with E-state index in [2.05, 4.69) is 52.0 Å². The van der Waals surface area contributed by atoms with E-state index in [1.807, 2.05) is 6.20 Å². The second-order valence-electron chi connectivity index (χ2n) is 5.89. The van der Waals surface area contributed by atoms with Crippen LogP contribution in [0.5, 0.6) is 0 Å². The van der Waals surface area contributed by atoms with Crippen LogP contribution in [0.1, 0.15) is 57.0 Å². The largest absolute Gasteiger partial charge is 0.308 e. The number of nitrogens with one attached hydrogen (secondary N) is 1. The minimum atomic E-state index is 0.507. The molecule has 21 heavy (non-hydrogen) atoms. The van der Waals surface area contributed by atoms with E-state index in [1.165, 1.54) is 18.5 Å². The Bertz CT molecular complexity index is 563. The highest BCUT2D eigenvalue weighted by atomic mass is 15.3. The maximum absolute atomic E-state index is 4.71. The maximum Gasteiger partial charge on any atom is 0.0853 e. The molecule has 0 unspecified atom stereocenters. The molecule has 2 heterocycles. The van der Waals surface area contributed by atoms with E-state index in [4.69, 9.17) is 5.10 Å². The van der Waals surface area contributed by atoms with Crippen molar-refractivity contribution in [1.29, 1.82) is 0 Å². The van der Waals surface area contributed by atoms with E-state index in [1.54, 1.807) is 0 Å². The molecule has 1 aliphatic carbocycles. The zero-order chi connectivity index (χ0) is 14.7. The van der Waals surface area contributed by atoms with Crippen LogP contribution in [0.4, 0.5) is 0 Å². The average Bonchev–Trinajstić information content (AvgIpc) is 3.04. The Morgan fingerprint density at radius 1 is 1.29 bits per heavy atom. The van der Waals surface area contributed by atoms with Gasteiger partial charge in [0.05, 0.1) is 24.0 Å². The van der Waals surface area contributed by atoms with Crippen LogP contribution in [0.2, 0.25) is 0 Å². The van der Waals surface area contributed by atoms with Gasteiger partial charge in [0.1, 0.15) is 0 Å². The molecular formula is C16H25N5. The van der Waals surface area contributed by atoms with Crippen molar-refractivity contribution < 1.29 is 0 Å². The molecule has 0 atom stereocenters. The summed E-state index contributed by atoms with van der Waals surface area (Å²) in [4.78, 5) is 0. The molecule has 114 valence electrons. The van der Waals surface area contributed by atoms with Gasteiger partial charge in [-0.1, -0.05) is 13.8 Å². The number of rotatable bonds is 8. The molecule has 0 aliphatic heterocycles. The Kier molecular flexibility index (Phi) is 4.39. The Labute approximate surface area is 126 Å². The van der Waals surface area contributed by atoms with Gasteiger partial charge >= 0.3 is 0 Å². The van der Waals surface area contributed by atoms with Crippen LogP contribution in [0.3, 0.4) is 0 Å². The number of hydrogen-bond acceptors (Lipinski definition) is 3. The van der Waals surface area contributed by atoms with Crippen LogP contribution in [0.15, 0.2) is 24.5 Å². The Morgan fingerprint density at radius 3 is 2.81 bits per heavy atom. The van der Waals surface area contributed by atoms with Gasteiger partial charge in [0, 0.05) is 25.0 Å². The van der Waals surface area contributed by atoms with E-state index in [9.17, 15) is 0 Å². The fourth-order valence-electron chi connectivity index (χ4n) is 2.67. The first-order chi connectivity index (χ1) is 10.3. The van der Waals surface area contributed by atoms with Gasteiger partial charge in [-0.3, -0.25) is 9.36 Å². The van der Waals surface area contributed by atoms with E-state index >= 15 is 0 Å². The second-order valence-corrected chi connectivity index (χ2v) is 5.89. The van der Waals surface area contributed by atoms with Crippen LogP contribution in [-0.2, 0) is 13.1 Å². The quantitative estimate of drug-likeness (QED) is 0.812. The molecule has 5 nitrogen and oxygen atoms in total. The Hall–Kier alpha value is -1.62. The summed E-state index contributed by atoms with van der Waals surface area (Å²) in [6, 6.07) is 5.43. The molecule has 0 spiro atoms. The van der Waals surface area contributed by atoms with Gasteiger partial charge in [-0.2, -0.15) is 10.2 Å². The standard InChI is InChI=1S/C16H25N5/c1-3-15(4-2)20-10-8-14(19-20)12-21-16(7-9-18-21)11-17-13-5-6-13/h7-10,13,15,17H,3-6,11-12H2,1-2H3. The van der Waals surface area contributed by atoms with E-state index < -0.39 is 0 Å².